The maximum atomic E-state index is 12.6. The van der Waals surface area contributed by atoms with E-state index in [1.54, 1.807) is 0 Å². The molecule has 0 amide bonds. The molecule has 1 aromatic carbocycles. The lowest BCUT2D eigenvalue weighted by molar-refractivity contribution is -0.383. The van der Waals surface area contributed by atoms with Gasteiger partial charge in [0.2, 0.25) is 0 Å². The molecule has 0 heterocycles. The van der Waals surface area contributed by atoms with E-state index in [0.29, 0.717) is 0 Å². The van der Waals surface area contributed by atoms with Crippen molar-refractivity contribution in [2.75, 3.05) is 16.9 Å². The maximum absolute atomic E-state index is 12.6. The highest BCUT2D eigenvalue weighted by molar-refractivity contribution is 5.77. The summed E-state index contributed by atoms with van der Waals surface area (Å²) in [6.45, 7) is 1.77. The molecule has 9 heteroatoms. The molecule has 0 bridgehead atoms. The molecule has 0 aromatic heterocycles. The van der Waals surface area contributed by atoms with Gasteiger partial charge in [0.05, 0.1) is 4.92 Å². The molecular formula is C11H15F3N4O2. The van der Waals surface area contributed by atoms with Gasteiger partial charge in [-0.1, -0.05) is 6.07 Å². The monoisotopic (exact) mass is 292 g/mol. The molecule has 0 aliphatic rings. The minimum atomic E-state index is -4.47. The number of hydrogen-bond acceptors (Lipinski definition) is 5. The predicted molar refractivity (Wildman–Crippen MR) is 69.4 cm³/mol. The van der Waals surface area contributed by atoms with Crippen LogP contribution in [0.25, 0.3) is 0 Å². The molecule has 6 nitrogen and oxygen atoms in total. The number of alkyl halides is 3. The van der Waals surface area contributed by atoms with E-state index in [0.717, 1.165) is 4.90 Å². The molecule has 20 heavy (non-hydrogen) atoms. The zero-order chi connectivity index (χ0) is 15.5. The fourth-order valence-electron chi connectivity index (χ4n) is 1.81. The van der Waals surface area contributed by atoms with Gasteiger partial charge in [0.1, 0.15) is 17.9 Å². The number of rotatable bonds is 5. The molecule has 0 saturated heterocycles. The van der Waals surface area contributed by atoms with Crippen LogP contribution >= 0.6 is 0 Å². The Kier molecular flexibility index (Phi) is 4.77. The van der Waals surface area contributed by atoms with E-state index in [1.807, 2.05) is 0 Å². The first-order valence-electron chi connectivity index (χ1n) is 5.74. The average Bonchev–Trinajstić information content (AvgIpc) is 2.33. The first-order chi connectivity index (χ1) is 9.17. The van der Waals surface area contributed by atoms with Crippen LogP contribution in [0.2, 0.25) is 0 Å². The summed E-state index contributed by atoms with van der Waals surface area (Å²) in [5, 5.41) is 11.1. The number of nitro groups is 1. The first-order valence-corrected chi connectivity index (χ1v) is 5.74. The van der Waals surface area contributed by atoms with Crippen LogP contribution in [-0.2, 0) is 0 Å². The molecule has 0 radical (unpaired) electrons. The van der Waals surface area contributed by atoms with Crippen molar-refractivity contribution < 1.29 is 18.1 Å². The van der Waals surface area contributed by atoms with Crippen LogP contribution < -0.4 is 16.2 Å². The van der Waals surface area contributed by atoms with Gasteiger partial charge in [0.15, 0.2) is 0 Å². The van der Waals surface area contributed by atoms with Gasteiger partial charge in [-0.25, -0.2) is 0 Å². The zero-order valence-corrected chi connectivity index (χ0v) is 10.9. The molecular weight excluding hydrogens is 277 g/mol. The average molecular weight is 292 g/mol. The smallest absolute Gasteiger partial charge is 0.354 e. The summed E-state index contributed by atoms with van der Waals surface area (Å²) in [5.41, 5.74) is 1.48. The zero-order valence-electron chi connectivity index (χ0n) is 10.9. The van der Waals surface area contributed by atoms with Crippen molar-refractivity contribution in [2.45, 2.75) is 26.1 Å². The van der Waals surface area contributed by atoms with Crippen molar-refractivity contribution in [3.05, 3.63) is 28.3 Å². The van der Waals surface area contributed by atoms with Crippen LogP contribution in [0, 0.1) is 10.1 Å². The maximum Gasteiger partial charge on any atom is 0.405 e. The van der Waals surface area contributed by atoms with Gasteiger partial charge in [-0.15, -0.1) is 0 Å². The second-order valence-electron chi connectivity index (χ2n) is 4.41. The SMILES string of the molecule is CC(C)N(CC(F)(F)F)c1cccc(NN)c1[N+](=O)[O-]. The molecule has 0 saturated carbocycles. The van der Waals surface area contributed by atoms with Crippen molar-refractivity contribution >= 4 is 17.1 Å². The van der Waals surface area contributed by atoms with Crippen LogP contribution in [-0.4, -0.2) is 23.7 Å². The lowest BCUT2D eigenvalue weighted by Crippen LogP contribution is -2.39. The molecule has 0 unspecified atom stereocenters. The number of para-hydroxylation sites is 1. The Balaban J connectivity index is 3.37. The number of hydrogen-bond donors (Lipinski definition) is 2. The number of halogens is 3. The summed E-state index contributed by atoms with van der Waals surface area (Å²) in [7, 11) is 0. The number of anilines is 2. The molecule has 0 aliphatic heterocycles. The van der Waals surface area contributed by atoms with Crippen LogP contribution in [0.5, 0.6) is 0 Å². The molecule has 0 aliphatic carbocycles. The molecule has 3 N–H and O–H groups in total. The summed E-state index contributed by atoms with van der Waals surface area (Å²) in [5.74, 6) is 5.17. The third-order valence-electron chi connectivity index (χ3n) is 2.64. The first kappa shape index (κ1) is 16.0. The van der Waals surface area contributed by atoms with Gasteiger partial charge in [-0.05, 0) is 26.0 Å². The van der Waals surface area contributed by atoms with Crippen LogP contribution in [0.4, 0.5) is 30.2 Å². The Morgan fingerprint density at radius 2 is 2.05 bits per heavy atom. The third-order valence-corrected chi connectivity index (χ3v) is 2.64. The Morgan fingerprint density at radius 3 is 2.45 bits per heavy atom. The molecule has 0 fully saturated rings. The van der Waals surface area contributed by atoms with E-state index in [9.17, 15) is 23.3 Å². The Bertz CT molecular complexity index is 491. The van der Waals surface area contributed by atoms with Crippen molar-refractivity contribution in [3.63, 3.8) is 0 Å². The number of nitro benzene ring substituents is 1. The van der Waals surface area contributed by atoms with E-state index in [4.69, 9.17) is 5.84 Å². The summed E-state index contributed by atoms with van der Waals surface area (Å²) >= 11 is 0. The fraction of sp³-hybridized carbons (Fsp3) is 0.455. The number of nitrogens with two attached hydrogens (primary N) is 1. The van der Waals surface area contributed by atoms with Gasteiger partial charge in [-0.2, -0.15) is 13.2 Å². The predicted octanol–water partition coefficient (Wildman–Crippen LogP) is 2.66. The van der Waals surface area contributed by atoms with Crippen molar-refractivity contribution in [1.82, 2.24) is 0 Å². The summed E-state index contributed by atoms with van der Waals surface area (Å²) in [6.07, 6.45) is -4.47. The van der Waals surface area contributed by atoms with E-state index in [-0.39, 0.29) is 11.4 Å². The number of benzene rings is 1. The molecule has 1 rings (SSSR count). The largest absolute Gasteiger partial charge is 0.405 e. The highest BCUT2D eigenvalue weighted by atomic mass is 19.4. The minimum Gasteiger partial charge on any atom is -0.354 e. The molecule has 112 valence electrons. The second-order valence-corrected chi connectivity index (χ2v) is 4.41. The highest BCUT2D eigenvalue weighted by Crippen LogP contribution is 2.37. The van der Waals surface area contributed by atoms with Crippen molar-refractivity contribution in [2.24, 2.45) is 5.84 Å². The summed E-state index contributed by atoms with van der Waals surface area (Å²) in [6, 6.07) is 3.44. The lowest BCUT2D eigenvalue weighted by atomic mass is 10.1. The van der Waals surface area contributed by atoms with Crippen LogP contribution in [0.1, 0.15) is 13.8 Å². The Labute approximate surface area is 113 Å². The van der Waals surface area contributed by atoms with E-state index in [1.165, 1.54) is 32.0 Å². The van der Waals surface area contributed by atoms with Gasteiger partial charge < -0.3 is 10.3 Å². The Morgan fingerprint density at radius 1 is 1.45 bits per heavy atom. The van der Waals surface area contributed by atoms with Gasteiger partial charge >= 0.3 is 11.9 Å². The number of nitrogens with zero attached hydrogens (tertiary/aromatic N) is 2. The third kappa shape index (κ3) is 3.73. The topological polar surface area (TPSA) is 84.4 Å². The van der Waals surface area contributed by atoms with Gasteiger partial charge in [-0.3, -0.25) is 16.0 Å². The minimum absolute atomic E-state index is 0.0414. The quantitative estimate of drug-likeness (QED) is 0.495. The second kappa shape index (κ2) is 5.95. The van der Waals surface area contributed by atoms with Gasteiger partial charge in [0.25, 0.3) is 0 Å². The molecule has 0 atom stereocenters. The van der Waals surface area contributed by atoms with Crippen LogP contribution in [0.15, 0.2) is 18.2 Å². The van der Waals surface area contributed by atoms with E-state index in [2.05, 4.69) is 5.43 Å². The number of nitrogen functional groups attached to an aromatic ring is 1. The van der Waals surface area contributed by atoms with Crippen molar-refractivity contribution in [1.29, 1.82) is 0 Å². The lowest BCUT2D eigenvalue weighted by Gasteiger charge is -2.29. The van der Waals surface area contributed by atoms with E-state index < -0.39 is 29.4 Å². The summed E-state index contributed by atoms with van der Waals surface area (Å²) in [4.78, 5) is 11.3. The number of hydrazine groups is 1. The Hall–Kier alpha value is -2.03. The highest BCUT2D eigenvalue weighted by Gasteiger charge is 2.35. The normalized spacial score (nSPS) is 11.6. The van der Waals surface area contributed by atoms with Crippen LogP contribution in [0.3, 0.4) is 0 Å². The standard InChI is InChI=1S/C11H15F3N4O2/c1-7(2)17(6-11(12,13)14)9-5-3-4-8(16-15)10(9)18(19)20/h3-5,7,16H,6,15H2,1-2H3. The summed E-state index contributed by atoms with van der Waals surface area (Å²) < 4.78 is 37.8. The fourth-order valence-corrected chi connectivity index (χ4v) is 1.81. The van der Waals surface area contributed by atoms with E-state index >= 15 is 0 Å². The van der Waals surface area contributed by atoms with Gasteiger partial charge in [0, 0.05) is 6.04 Å². The molecule has 0 spiro atoms. The number of nitrogens with one attached hydrogen (secondary N) is 1. The molecule has 1 aromatic rings. The van der Waals surface area contributed by atoms with Crippen molar-refractivity contribution in [3.8, 4) is 0 Å².